The van der Waals surface area contributed by atoms with Gasteiger partial charge in [-0.25, -0.2) is 19.7 Å². The van der Waals surface area contributed by atoms with Crippen molar-refractivity contribution in [3.8, 4) is 0 Å². The van der Waals surface area contributed by atoms with Crippen molar-refractivity contribution in [1.82, 2.24) is 19.5 Å². The molecule has 202 valence electrons. The lowest BCUT2D eigenvalue weighted by Gasteiger charge is -2.19. The van der Waals surface area contributed by atoms with Gasteiger partial charge in [-0.05, 0) is 30.5 Å². The maximum atomic E-state index is 12.2. The fraction of sp³-hybridized carbons (Fsp3) is 0.310. The Morgan fingerprint density at radius 1 is 1.10 bits per heavy atom. The smallest absolute Gasteiger partial charge is 0.330 e. The van der Waals surface area contributed by atoms with Crippen molar-refractivity contribution in [3.05, 3.63) is 90.0 Å². The first-order chi connectivity index (χ1) is 18.9. The number of aliphatic hydroxyl groups is 2. The monoisotopic (exact) mass is 529 g/mol. The number of nitrogens with one attached hydrogen (secondary N) is 1. The summed E-state index contributed by atoms with van der Waals surface area (Å²) in [4.78, 5) is 25.4. The predicted octanol–water partition coefficient (Wildman–Crippen LogP) is 3.57. The summed E-state index contributed by atoms with van der Waals surface area (Å²) in [7, 11) is 0. The Balaban J connectivity index is 1.27. The number of nitrogens with zero attached hydrogens (tertiary/aromatic N) is 4. The minimum absolute atomic E-state index is 0.0173. The molecule has 1 aliphatic heterocycles. The number of esters is 1. The highest BCUT2D eigenvalue weighted by atomic mass is 16.6. The van der Waals surface area contributed by atoms with E-state index in [1.165, 1.54) is 18.7 Å². The normalized spacial score (nSPS) is 21.8. The number of anilines is 1. The van der Waals surface area contributed by atoms with Crippen molar-refractivity contribution < 1.29 is 24.5 Å². The van der Waals surface area contributed by atoms with Gasteiger partial charge < -0.3 is 25.0 Å². The first kappa shape index (κ1) is 26.5. The first-order valence-electron chi connectivity index (χ1n) is 12.9. The number of carbonyl (C=O) groups is 1. The number of rotatable bonds is 9. The number of aliphatic hydroxyl groups excluding tert-OH is 2. The quantitative estimate of drug-likeness (QED) is 0.220. The molecule has 1 saturated heterocycles. The molecule has 2 aromatic heterocycles. The van der Waals surface area contributed by atoms with Crippen LogP contribution in [0.2, 0.25) is 0 Å². The molecule has 3 heterocycles. The van der Waals surface area contributed by atoms with Gasteiger partial charge in [-0.15, -0.1) is 0 Å². The minimum atomic E-state index is -1.28. The van der Waals surface area contributed by atoms with Crippen LogP contribution in [0.15, 0.2) is 73.3 Å². The van der Waals surface area contributed by atoms with Gasteiger partial charge >= 0.3 is 5.97 Å². The third kappa shape index (κ3) is 5.83. The Kier molecular flexibility index (Phi) is 7.97. The van der Waals surface area contributed by atoms with E-state index in [2.05, 4.69) is 27.2 Å². The third-order valence-electron chi connectivity index (χ3n) is 6.77. The highest BCUT2D eigenvalue weighted by Gasteiger charge is 2.45. The van der Waals surface area contributed by atoms with Crippen LogP contribution in [0.1, 0.15) is 42.3 Å². The lowest BCUT2D eigenvalue weighted by atomic mass is 10.0. The van der Waals surface area contributed by atoms with E-state index in [1.807, 2.05) is 61.5 Å². The maximum Gasteiger partial charge on any atom is 0.330 e. The van der Waals surface area contributed by atoms with Gasteiger partial charge in [-0.2, -0.15) is 0 Å². The summed E-state index contributed by atoms with van der Waals surface area (Å²) in [5, 5.41) is 24.8. The van der Waals surface area contributed by atoms with Gasteiger partial charge in [0.05, 0.1) is 12.4 Å². The zero-order chi connectivity index (χ0) is 27.4. The SMILES string of the molecule is CC[C@H](Nc1ncnc2c1ncn2[C@@H]1O[C@H](COC(=O)/C=C/c2ccc(C)cc2)C(O)C1O)c1ccccc1. The highest BCUT2D eigenvalue weighted by molar-refractivity contribution is 5.87. The van der Waals surface area contributed by atoms with Crippen molar-refractivity contribution >= 4 is 29.0 Å². The van der Waals surface area contributed by atoms with Gasteiger partial charge in [0, 0.05) is 6.08 Å². The average molecular weight is 530 g/mol. The summed E-state index contributed by atoms with van der Waals surface area (Å²) in [6.07, 6.45) is 2.23. The van der Waals surface area contributed by atoms with Gasteiger partial charge in [-0.3, -0.25) is 4.57 Å². The Hall–Kier alpha value is -4.12. The number of carbonyl (C=O) groups excluding carboxylic acids is 1. The molecule has 0 radical (unpaired) electrons. The number of fused-ring (bicyclic) bond motifs is 1. The Morgan fingerprint density at radius 2 is 1.87 bits per heavy atom. The molecule has 0 saturated carbocycles. The summed E-state index contributed by atoms with van der Waals surface area (Å²) in [5.41, 5.74) is 4.05. The molecular weight excluding hydrogens is 498 g/mol. The molecule has 0 amide bonds. The second-order valence-corrected chi connectivity index (χ2v) is 9.48. The number of benzene rings is 2. The zero-order valence-corrected chi connectivity index (χ0v) is 21.7. The molecule has 5 rings (SSSR count). The van der Waals surface area contributed by atoms with Crippen molar-refractivity contribution in [2.45, 2.75) is 50.8 Å². The molecule has 1 fully saturated rings. The number of ether oxygens (including phenoxy) is 2. The molecule has 10 nitrogen and oxygen atoms in total. The molecular formula is C29H31N5O5. The van der Waals surface area contributed by atoms with Crippen LogP contribution in [-0.4, -0.2) is 60.6 Å². The van der Waals surface area contributed by atoms with Crippen LogP contribution in [0, 0.1) is 6.92 Å². The molecule has 4 aromatic rings. The molecule has 0 aliphatic carbocycles. The van der Waals surface area contributed by atoms with Crippen molar-refractivity contribution in [2.75, 3.05) is 11.9 Å². The third-order valence-corrected chi connectivity index (χ3v) is 6.77. The highest BCUT2D eigenvalue weighted by Crippen LogP contribution is 2.33. The van der Waals surface area contributed by atoms with Crippen molar-refractivity contribution in [1.29, 1.82) is 0 Å². The number of hydrogen-bond acceptors (Lipinski definition) is 9. The lowest BCUT2D eigenvalue weighted by Crippen LogP contribution is -2.34. The van der Waals surface area contributed by atoms with Gasteiger partial charge in [0.25, 0.3) is 0 Å². The van der Waals surface area contributed by atoms with E-state index >= 15 is 0 Å². The molecule has 3 N–H and O–H groups in total. The molecule has 39 heavy (non-hydrogen) atoms. The molecule has 2 aromatic carbocycles. The van der Waals surface area contributed by atoms with Crippen LogP contribution >= 0.6 is 0 Å². The van der Waals surface area contributed by atoms with Crippen LogP contribution in [0.3, 0.4) is 0 Å². The number of aryl methyl sites for hydroxylation is 1. The summed E-state index contributed by atoms with van der Waals surface area (Å²) >= 11 is 0. The molecule has 1 aliphatic rings. The standard InChI is InChI=1S/C29H31N5O5/c1-3-21(20-7-5-4-6-8-20)33-27-24-28(31-16-30-27)34(17-32-24)29-26(37)25(36)22(39-29)15-38-23(35)14-13-19-11-9-18(2)10-12-19/h4-14,16-17,21-22,25-26,29,36-37H,3,15H2,1-2H3,(H,30,31,33)/b14-13+/t21-,22+,25?,26?,29+/m0/s1. The van der Waals surface area contributed by atoms with Gasteiger partial charge in [0.15, 0.2) is 23.2 Å². The minimum Gasteiger partial charge on any atom is -0.460 e. The topological polar surface area (TPSA) is 132 Å². The van der Waals surface area contributed by atoms with E-state index in [4.69, 9.17) is 9.47 Å². The molecule has 2 unspecified atom stereocenters. The second-order valence-electron chi connectivity index (χ2n) is 9.48. The lowest BCUT2D eigenvalue weighted by molar-refractivity contribution is -0.144. The Bertz CT molecular complexity index is 1440. The first-order valence-corrected chi connectivity index (χ1v) is 12.9. The van der Waals surface area contributed by atoms with Crippen LogP contribution in [0.5, 0.6) is 0 Å². The second kappa shape index (κ2) is 11.7. The molecule has 10 heteroatoms. The number of imidazole rings is 1. The summed E-state index contributed by atoms with van der Waals surface area (Å²) < 4.78 is 12.7. The van der Waals surface area contributed by atoms with Crippen LogP contribution < -0.4 is 5.32 Å². The van der Waals surface area contributed by atoms with Gasteiger partial charge in [0.1, 0.15) is 31.2 Å². The van der Waals surface area contributed by atoms with E-state index in [0.29, 0.717) is 17.0 Å². The van der Waals surface area contributed by atoms with Crippen LogP contribution in [0.4, 0.5) is 5.82 Å². The fourth-order valence-electron chi connectivity index (χ4n) is 4.57. The summed E-state index contributed by atoms with van der Waals surface area (Å²) in [6, 6.07) is 17.8. The largest absolute Gasteiger partial charge is 0.460 e. The Labute approximate surface area is 226 Å². The van der Waals surface area contributed by atoms with Gasteiger partial charge in [-0.1, -0.05) is 67.1 Å². The van der Waals surface area contributed by atoms with Gasteiger partial charge in [0.2, 0.25) is 0 Å². The predicted molar refractivity (Wildman–Crippen MR) is 146 cm³/mol. The van der Waals surface area contributed by atoms with Crippen molar-refractivity contribution in [2.24, 2.45) is 0 Å². The average Bonchev–Trinajstić information content (AvgIpc) is 3.51. The van der Waals surface area contributed by atoms with Crippen LogP contribution in [0.25, 0.3) is 17.2 Å². The Morgan fingerprint density at radius 3 is 2.62 bits per heavy atom. The zero-order valence-electron chi connectivity index (χ0n) is 21.7. The fourth-order valence-corrected chi connectivity index (χ4v) is 4.57. The van der Waals surface area contributed by atoms with E-state index < -0.39 is 30.5 Å². The van der Waals surface area contributed by atoms with E-state index in [0.717, 1.165) is 23.1 Å². The molecule has 0 bridgehead atoms. The van der Waals surface area contributed by atoms with Crippen LogP contribution in [-0.2, 0) is 14.3 Å². The summed E-state index contributed by atoms with van der Waals surface area (Å²) in [5.74, 6) is -0.0296. The van der Waals surface area contributed by atoms with E-state index in [9.17, 15) is 15.0 Å². The molecule has 5 atom stereocenters. The molecule has 0 spiro atoms. The number of aromatic nitrogens is 4. The summed E-state index contributed by atoms with van der Waals surface area (Å²) in [6.45, 7) is 3.84. The van der Waals surface area contributed by atoms with Crippen molar-refractivity contribution in [3.63, 3.8) is 0 Å². The van der Waals surface area contributed by atoms with E-state index in [1.54, 1.807) is 10.6 Å². The maximum absolute atomic E-state index is 12.2. The van der Waals surface area contributed by atoms with E-state index in [-0.39, 0.29) is 12.6 Å². The number of hydrogen-bond donors (Lipinski definition) is 3.